The van der Waals surface area contributed by atoms with Crippen LogP contribution in [0.15, 0.2) is 54.4 Å². The number of Topliss-reactive ketones (excluding diaryl/α,β-unsaturated/α-hetero) is 1. The number of ketones is 1. The van der Waals surface area contributed by atoms with E-state index in [2.05, 4.69) is 9.88 Å². The van der Waals surface area contributed by atoms with E-state index in [4.69, 9.17) is 16.3 Å². The Bertz CT molecular complexity index is 972. The summed E-state index contributed by atoms with van der Waals surface area (Å²) in [5, 5.41) is 11.5. The van der Waals surface area contributed by atoms with Gasteiger partial charge in [0.15, 0.2) is 0 Å². The number of hydrogen-bond acceptors (Lipinski definition) is 6. The standard InChI is InChI=1S/C23H24ClN3O4/c24-18-4-2-16(3-5-18)20-19(21(28)17-6-8-25-9-7-17)22(29)23(30)27(20)11-1-10-26-12-14-31-15-13-26/h2-9,20,28H,1,10-15H2/b21-19+/t20-/m1/s1. The molecule has 0 unspecified atom stereocenters. The summed E-state index contributed by atoms with van der Waals surface area (Å²) >= 11 is 6.04. The number of aliphatic hydroxyl groups excluding tert-OH is 1. The van der Waals surface area contributed by atoms with Gasteiger partial charge in [-0.15, -0.1) is 0 Å². The summed E-state index contributed by atoms with van der Waals surface area (Å²) in [5.41, 5.74) is 1.26. The molecule has 31 heavy (non-hydrogen) atoms. The molecule has 1 aromatic heterocycles. The summed E-state index contributed by atoms with van der Waals surface area (Å²) in [4.78, 5) is 33.7. The smallest absolute Gasteiger partial charge is 0.295 e. The first kappa shape index (κ1) is 21.5. The highest BCUT2D eigenvalue weighted by atomic mass is 35.5. The number of aromatic nitrogens is 1. The minimum absolute atomic E-state index is 0.0879. The Morgan fingerprint density at radius 3 is 2.42 bits per heavy atom. The quantitative estimate of drug-likeness (QED) is 0.421. The lowest BCUT2D eigenvalue weighted by molar-refractivity contribution is -0.140. The summed E-state index contributed by atoms with van der Waals surface area (Å²) in [6.45, 7) is 4.36. The van der Waals surface area contributed by atoms with E-state index in [0.717, 1.165) is 25.2 Å². The van der Waals surface area contributed by atoms with Crippen LogP contribution in [0.3, 0.4) is 0 Å². The molecule has 0 spiro atoms. The number of rotatable bonds is 6. The second kappa shape index (κ2) is 9.60. The Balaban J connectivity index is 1.65. The van der Waals surface area contributed by atoms with Crippen molar-refractivity contribution in [3.05, 3.63) is 70.5 Å². The van der Waals surface area contributed by atoms with E-state index >= 15 is 0 Å². The Hall–Kier alpha value is -2.74. The molecule has 2 aliphatic heterocycles. The largest absolute Gasteiger partial charge is 0.507 e. The third kappa shape index (κ3) is 4.63. The topological polar surface area (TPSA) is 83.0 Å². The van der Waals surface area contributed by atoms with E-state index in [1.54, 1.807) is 41.3 Å². The van der Waals surface area contributed by atoms with Crippen molar-refractivity contribution in [2.75, 3.05) is 39.4 Å². The first-order chi connectivity index (χ1) is 15.1. The van der Waals surface area contributed by atoms with E-state index in [9.17, 15) is 14.7 Å². The van der Waals surface area contributed by atoms with Crippen LogP contribution in [0.4, 0.5) is 0 Å². The molecule has 7 nitrogen and oxygen atoms in total. The average molecular weight is 442 g/mol. The molecule has 2 aromatic rings. The molecule has 2 aliphatic rings. The molecule has 1 N–H and O–H groups in total. The van der Waals surface area contributed by atoms with Gasteiger partial charge in [-0.2, -0.15) is 0 Å². The highest BCUT2D eigenvalue weighted by Gasteiger charge is 2.45. The van der Waals surface area contributed by atoms with Crippen molar-refractivity contribution in [3.8, 4) is 0 Å². The fourth-order valence-corrected chi connectivity index (χ4v) is 4.18. The monoisotopic (exact) mass is 441 g/mol. The van der Waals surface area contributed by atoms with Crippen molar-refractivity contribution in [3.63, 3.8) is 0 Å². The summed E-state index contributed by atoms with van der Waals surface area (Å²) in [7, 11) is 0. The molecule has 0 radical (unpaired) electrons. The van der Waals surface area contributed by atoms with Crippen LogP contribution in [-0.4, -0.2) is 71.0 Å². The van der Waals surface area contributed by atoms with Crippen molar-refractivity contribution in [2.24, 2.45) is 0 Å². The fourth-order valence-electron chi connectivity index (χ4n) is 4.06. The Morgan fingerprint density at radius 1 is 1.06 bits per heavy atom. The number of ether oxygens (including phenoxy) is 1. The third-order valence-electron chi connectivity index (χ3n) is 5.66. The number of morpholine rings is 1. The van der Waals surface area contributed by atoms with Gasteiger partial charge in [0.05, 0.1) is 24.8 Å². The van der Waals surface area contributed by atoms with Crippen LogP contribution in [0.25, 0.3) is 5.76 Å². The molecule has 162 valence electrons. The van der Waals surface area contributed by atoms with Crippen LogP contribution in [0.2, 0.25) is 5.02 Å². The molecule has 0 aliphatic carbocycles. The number of pyridine rings is 1. The van der Waals surface area contributed by atoms with Gasteiger partial charge in [0.1, 0.15) is 5.76 Å². The van der Waals surface area contributed by atoms with Crippen molar-refractivity contribution < 1.29 is 19.4 Å². The highest BCUT2D eigenvalue weighted by Crippen LogP contribution is 2.39. The minimum Gasteiger partial charge on any atom is -0.507 e. The van der Waals surface area contributed by atoms with Gasteiger partial charge in [0.25, 0.3) is 11.7 Å². The van der Waals surface area contributed by atoms with Crippen LogP contribution in [-0.2, 0) is 14.3 Å². The number of likely N-dealkylation sites (tertiary alicyclic amines) is 1. The summed E-state index contributed by atoms with van der Waals surface area (Å²) in [6, 6.07) is 9.56. The van der Waals surface area contributed by atoms with E-state index in [0.29, 0.717) is 36.8 Å². The molecule has 1 aromatic carbocycles. The molecule has 2 fully saturated rings. The third-order valence-corrected chi connectivity index (χ3v) is 5.91. The van der Waals surface area contributed by atoms with Crippen molar-refractivity contribution >= 4 is 29.1 Å². The van der Waals surface area contributed by atoms with Gasteiger partial charge in [-0.1, -0.05) is 23.7 Å². The predicted molar refractivity (Wildman–Crippen MR) is 117 cm³/mol. The second-order valence-electron chi connectivity index (χ2n) is 7.59. The van der Waals surface area contributed by atoms with Crippen LogP contribution in [0, 0.1) is 0 Å². The van der Waals surface area contributed by atoms with Crippen LogP contribution < -0.4 is 0 Å². The van der Waals surface area contributed by atoms with Crippen LogP contribution in [0.5, 0.6) is 0 Å². The summed E-state index contributed by atoms with van der Waals surface area (Å²) in [5.74, 6) is -1.48. The Kier molecular flexibility index (Phi) is 6.65. The molecular formula is C23H24ClN3O4. The number of carbonyl (C=O) groups is 2. The zero-order chi connectivity index (χ0) is 21.8. The zero-order valence-electron chi connectivity index (χ0n) is 17.0. The maximum atomic E-state index is 13.0. The normalized spacial score (nSPS) is 21.6. The molecule has 1 amide bonds. The van der Waals surface area contributed by atoms with Crippen molar-refractivity contribution in [1.29, 1.82) is 0 Å². The number of amides is 1. The van der Waals surface area contributed by atoms with Crippen molar-refractivity contribution in [2.45, 2.75) is 12.5 Å². The number of hydrogen-bond donors (Lipinski definition) is 1. The summed E-state index contributed by atoms with van der Waals surface area (Å²) < 4.78 is 5.38. The number of nitrogens with zero attached hydrogens (tertiary/aromatic N) is 3. The number of aliphatic hydroxyl groups is 1. The van der Waals surface area contributed by atoms with Gasteiger partial charge in [-0.25, -0.2) is 0 Å². The second-order valence-corrected chi connectivity index (χ2v) is 8.02. The predicted octanol–water partition coefficient (Wildman–Crippen LogP) is 2.88. The van der Waals surface area contributed by atoms with Crippen LogP contribution in [0.1, 0.15) is 23.6 Å². The van der Waals surface area contributed by atoms with E-state index in [-0.39, 0.29) is 11.3 Å². The lowest BCUT2D eigenvalue weighted by Crippen LogP contribution is -2.38. The van der Waals surface area contributed by atoms with E-state index in [1.165, 1.54) is 12.4 Å². The number of carbonyl (C=O) groups excluding carboxylic acids is 2. The van der Waals surface area contributed by atoms with Gasteiger partial charge in [0, 0.05) is 49.2 Å². The first-order valence-corrected chi connectivity index (χ1v) is 10.7. The number of benzene rings is 1. The van der Waals surface area contributed by atoms with Crippen LogP contribution >= 0.6 is 11.6 Å². The molecule has 3 heterocycles. The molecule has 0 bridgehead atoms. The summed E-state index contributed by atoms with van der Waals surface area (Å²) in [6.07, 6.45) is 3.78. The van der Waals surface area contributed by atoms with Gasteiger partial charge in [-0.3, -0.25) is 19.5 Å². The van der Waals surface area contributed by atoms with Gasteiger partial charge in [-0.05, 0) is 36.2 Å². The molecule has 8 heteroatoms. The number of halogens is 1. The SMILES string of the molecule is O=C1C(=O)N(CCCN2CCOCC2)[C@H](c2ccc(Cl)cc2)/C1=C(\O)c1ccncc1. The van der Waals surface area contributed by atoms with E-state index in [1.807, 2.05) is 0 Å². The van der Waals surface area contributed by atoms with Crippen molar-refractivity contribution in [1.82, 2.24) is 14.8 Å². The van der Waals surface area contributed by atoms with Gasteiger partial charge in [0.2, 0.25) is 0 Å². The van der Waals surface area contributed by atoms with Gasteiger partial charge >= 0.3 is 0 Å². The lowest BCUT2D eigenvalue weighted by atomic mass is 9.95. The molecule has 0 saturated carbocycles. The first-order valence-electron chi connectivity index (χ1n) is 10.3. The Morgan fingerprint density at radius 2 is 1.74 bits per heavy atom. The maximum Gasteiger partial charge on any atom is 0.295 e. The molecule has 1 atom stereocenters. The molecule has 2 saturated heterocycles. The zero-order valence-corrected chi connectivity index (χ0v) is 17.8. The highest BCUT2D eigenvalue weighted by molar-refractivity contribution is 6.46. The average Bonchev–Trinajstić information content (AvgIpc) is 3.05. The van der Waals surface area contributed by atoms with E-state index < -0.39 is 17.7 Å². The maximum absolute atomic E-state index is 13.0. The Labute approximate surface area is 185 Å². The fraction of sp³-hybridized carbons (Fsp3) is 0.348. The molecular weight excluding hydrogens is 418 g/mol. The lowest BCUT2D eigenvalue weighted by Gasteiger charge is -2.29. The minimum atomic E-state index is -0.680. The van der Waals surface area contributed by atoms with Gasteiger partial charge < -0.3 is 14.7 Å². The molecule has 4 rings (SSSR count).